The van der Waals surface area contributed by atoms with E-state index in [-0.39, 0.29) is 22.7 Å². The molecule has 1 aromatic carbocycles. The highest BCUT2D eigenvalue weighted by Crippen LogP contribution is 2.12. The number of nitrogens with two attached hydrogens (primary N) is 1. The van der Waals surface area contributed by atoms with E-state index in [4.69, 9.17) is 5.84 Å². The fourth-order valence-corrected chi connectivity index (χ4v) is 2.07. The minimum Gasteiger partial charge on any atom is -0.323 e. The average Bonchev–Trinajstić information content (AvgIpc) is 2.57. The van der Waals surface area contributed by atoms with E-state index in [1.54, 1.807) is 24.5 Å². The van der Waals surface area contributed by atoms with Crippen molar-refractivity contribution in [2.45, 2.75) is 0 Å². The molecule has 0 saturated carbocycles. The Hall–Kier alpha value is -3.35. The first-order valence-corrected chi connectivity index (χ1v) is 6.72. The Kier molecular flexibility index (Phi) is 3.92. The molecule has 114 valence electrons. The number of aromatic amines is 1. The Morgan fingerprint density at radius 1 is 1.26 bits per heavy atom. The normalized spacial score (nSPS) is 12.1. The Labute approximate surface area is 130 Å². The monoisotopic (exact) mass is 309 g/mol. The molecule has 23 heavy (non-hydrogen) atoms. The average molecular weight is 309 g/mol. The van der Waals surface area contributed by atoms with Crippen LogP contribution in [0.3, 0.4) is 0 Å². The highest BCUT2D eigenvalue weighted by atomic mass is 19.1. The van der Waals surface area contributed by atoms with Crippen molar-refractivity contribution in [2.75, 3.05) is 0 Å². The lowest BCUT2D eigenvalue weighted by atomic mass is 10.1. The second-order valence-corrected chi connectivity index (χ2v) is 4.72. The van der Waals surface area contributed by atoms with Gasteiger partial charge < -0.3 is 10.8 Å². The van der Waals surface area contributed by atoms with Gasteiger partial charge in [-0.1, -0.05) is 0 Å². The summed E-state index contributed by atoms with van der Waals surface area (Å²) in [6, 6.07) is 8.94. The van der Waals surface area contributed by atoms with E-state index in [0.717, 1.165) is 5.39 Å². The molecule has 0 aliphatic rings. The van der Waals surface area contributed by atoms with Gasteiger partial charge in [0, 0.05) is 17.8 Å². The number of hydrazone groups is 1. The number of H-pyrrole nitrogens is 1. The van der Waals surface area contributed by atoms with Gasteiger partial charge in [0.25, 0.3) is 5.56 Å². The summed E-state index contributed by atoms with van der Waals surface area (Å²) >= 11 is 0. The summed E-state index contributed by atoms with van der Waals surface area (Å²) in [6.45, 7) is 0. The zero-order valence-electron chi connectivity index (χ0n) is 11.9. The fraction of sp³-hybridized carbons (Fsp3) is 0. The number of nitrogens with zero attached hydrogens (tertiary/aromatic N) is 3. The lowest BCUT2D eigenvalue weighted by Gasteiger charge is -2.02. The number of hydrogen-bond donors (Lipinski definition) is 2. The minimum atomic E-state index is -0.352. The molecular formula is C16H12FN5O. The van der Waals surface area contributed by atoms with E-state index in [2.05, 4.69) is 20.1 Å². The summed E-state index contributed by atoms with van der Waals surface area (Å²) in [7, 11) is 0. The molecule has 0 fully saturated rings. The van der Waals surface area contributed by atoms with Crippen LogP contribution in [0, 0.1) is 5.82 Å². The van der Waals surface area contributed by atoms with Crippen molar-refractivity contribution in [3.05, 3.63) is 70.5 Å². The van der Waals surface area contributed by atoms with Crippen molar-refractivity contribution < 1.29 is 4.39 Å². The number of pyridine rings is 2. The molecule has 2 aromatic heterocycles. The molecule has 0 bridgehead atoms. The van der Waals surface area contributed by atoms with Crippen LogP contribution in [0.1, 0.15) is 5.56 Å². The lowest BCUT2D eigenvalue weighted by molar-refractivity contribution is 0.628. The predicted molar refractivity (Wildman–Crippen MR) is 87.6 cm³/mol. The molecule has 0 aliphatic carbocycles. The molecule has 0 unspecified atom stereocenters. The number of rotatable bonds is 3. The molecule has 3 rings (SSSR count). The van der Waals surface area contributed by atoms with Crippen molar-refractivity contribution >= 4 is 28.5 Å². The molecule has 3 aromatic rings. The van der Waals surface area contributed by atoms with Crippen molar-refractivity contribution in [3.63, 3.8) is 0 Å². The fourth-order valence-electron chi connectivity index (χ4n) is 2.07. The summed E-state index contributed by atoms with van der Waals surface area (Å²) in [6.07, 6.45) is 4.58. The first-order chi connectivity index (χ1) is 11.2. The van der Waals surface area contributed by atoms with Crippen LogP contribution in [0.25, 0.3) is 10.9 Å². The maximum Gasteiger partial charge on any atom is 0.258 e. The topological polar surface area (TPSA) is 96.5 Å². The molecule has 2 heterocycles. The van der Waals surface area contributed by atoms with Crippen LogP contribution in [0.15, 0.2) is 63.7 Å². The van der Waals surface area contributed by atoms with Crippen LogP contribution < -0.4 is 11.4 Å². The Balaban J connectivity index is 1.99. The molecule has 0 spiro atoms. The highest BCUT2D eigenvalue weighted by Gasteiger charge is 2.08. The van der Waals surface area contributed by atoms with Crippen molar-refractivity contribution in [2.24, 2.45) is 15.9 Å². The van der Waals surface area contributed by atoms with Gasteiger partial charge in [0.15, 0.2) is 0 Å². The smallest absolute Gasteiger partial charge is 0.258 e. The summed E-state index contributed by atoms with van der Waals surface area (Å²) in [5, 5.41) is 4.36. The van der Waals surface area contributed by atoms with Gasteiger partial charge in [-0.05, 0) is 36.4 Å². The Morgan fingerprint density at radius 2 is 2.04 bits per heavy atom. The summed E-state index contributed by atoms with van der Waals surface area (Å²) in [4.78, 5) is 23.1. The molecule has 0 radical (unpaired) electrons. The zero-order chi connectivity index (χ0) is 16.2. The number of nitrogens with one attached hydrogen (secondary N) is 1. The number of aliphatic imine (C=N–C) groups is 1. The van der Waals surface area contributed by atoms with Crippen molar-refractivity contribution in [1.82, 2.24) is 9.97 Å². The van der Waals surface area contributed by atoms with E-state index < -0.39 is 0 Å². The quantitative estimate of drug-likeness (QED) is 0.440. The number of fused-ring (bicyclic) bond motifs is 1. The van der Waals surface area contributed by atoms with Gasteiger partial charge in [-0.15, -0.1) is 0 Å². The van der Waals surface area contributed by atoms with Gasteiger partial charge in [0.05, 0.1) is 23.0 Å². The van der Waals surface area contributed by atoms with E-state index in [9.17, 15) is 9.18 Å². The van der Waals surface area contributed by atoms with Crippen LogP contribution in [-0.4, -0.2) is 21.9 Å². The minimum absolute atomic E-state index is 0.210. The molecular weight excluding hydrogens is 297 g/mol. The highest BCUT2D eigenvalue weighted by molar-refractivity contribution is 6.38. The maximum atomic E-state index is 12.9. The molecule has 7 heteroatoms. The third kappa shape index (κ3) is 3.13. The maximum absolute atomic E-state index is 12.9. The SMILES string of the molecule is NN=C(C=Nc1ccc(F)cc1)c1cc2cnccc2[nH]c1=O. The Morgan fingerprint density at radius 3 is 2.78 bits per heavy atom. The van der Waals surface area contributed by atoms with Crippen molar-refractivity contribution in [1.29, 1.82) is 0 Å². The van der Waals surface area contributed by atoms with Gasteiger partial charge in [0.2, 0.25) is 0 Å². The van der Waals surface area contributed by atoms with Gasteiger partial charge in [-0.2, -0.15) is 5.10 Å². The number of benzene rings is 1. The lowest BCUT2D eigenvalue weighted by Crippen LogP contribution is -2.20. The van der Waals surface area contributed by atoms with Gasteiger partial charge >= 0.3 is 0 Å². The van der Waals surface area contributed by atoms with Gasteiger partial charge in [-0.3, -0.25) is 14.8 Å². The summed E-state index contributed by atoms with van der Waals surface area (Å²) < 4.78 is 12.9. The molecule has 0 atom stereocenters. The second-order valence-electron chi connectivity index (χ2n) is 4.72. The third-order valence-corrected chi connectivity index (χ3v) is 3.22. The van der Waals surface area contributed by atoms with Crippen LogP contribution in [-0.2, 0) is 0 Å². The predicted octanol–water partition coefficient (Wildman–Crippen LogP) is 2.13. The van der Waals surface area contributed by atoms with Crippen LogP contribution in [0.2, 0.25) is 0 Å². The van der Waals surface area contributed by atoms with Gasteiger partial charge in [0.1, 0.15) is 11.5 Å². The van der Waals surface area contributed by atoms with E-state index >= 15 is 0 Å². The Bertz CT molecular complexity index is 960. The summed E-state index contributed by atoms with van der Waals surface area (Å²) in [5.74, 6) is 5.02. The van der Waals surface area contributed by atoms with Gasteiger partial charge in [-0.25, -0.2) is 4.39 Å². The third-order valence-electron chi connectivity index (χ3n) is 3.22. The van der Waals surface area contributed by atoms with Crippen LogP contribution >= 0.6 is 0 Å². The van der Waals surface area contributed by atoms with Crippen molar-refractivity contribution in [3.8, 4) is 0 Å². The molecule has 0 amide bonds. The number of hydrogen-bond acceptors (Lipinski definition) is 5. The molecule has 6 nitrogen and oxygen atoms in total. The van der Waals surface area contributed by atoms with E-state index in [1.165, 1.54) is 30.5 Å². The van der Waals surface area contributed by atoms with Crippen LogP contribution in [0.5, 0.6) is 0 Å². The second kappa shape index (κ2) is 6.18. The van der Waals surface area contributed by atoms with E-state index in [1.807, 2.05) is 0 Å². The molecule has 3 N–H and O–H groups in total. The largest absolute Gasteiger partial charge is 0.323 e. The first-order valence-electron chi connectivity index (χ1n) is 6.72. The molecule has 0 aliphatic heterocycles. The standard InChI is InChI=1S/C16H12FN5O/c17-11-1-3-12(4-2-11)20-9-15(22-18)13-7-10-8-19-6-5-14(10)21-16(13)23/h1-9H,18H2,(H,21,23). The number of aromatic nitrogens is 2. The first kappa shape index (κ1) is 14.6. The molecule has 0 saturated heterocycles. The summed E-state index contributed by atoms with van der Waals surface area (Å²) in [5.41, 5.74) is 1.34. The van der Waals surface area contributed by atoms with E-state index in [0.29, 0.717) is 11.2 Å². The zero-order valence-corrected chi connectivity index (χ0v) is 11.9. The van der Waals surface area contributed by atoms with Crippen LogP contribution in [0.4, 0.5) is 10.1 Å². The number of halogens is 1.